The van der Waals surface area contributed by atoms with Crippen LogP contribution in [0.25, 0.3) is 0 Å². The number of rotatable bonds is 6. The molecule has 150 valence electrons. The summed E-state index contributed by atoms with van der Waals surface area (Å²) in [7, 11) is -1.36. The zero-order valence-electron chi connectivity index (χ0n) is 15.9. The topological polar surface area (TPSA) is 82.2 Å². The molecule has 1 aromatic rings. The van der Waals surface area contributed by atoms with E-state index in [1.165, 1.54) is 4.31 Å². The zero-order valence-corrected chi connectivity index (χ0v) is 16.7. The normalized spacial score (nSPS) is 21.4. The second kappa shape index (κ2) is 8.45. The van der Waals surface area contributed by atoms with Crippen LogP contribution in [0, 0.1) is 0 Å². The molecule has 2 aliphatic heterocycles. The Hall–Kier alpha value is -1.84. The van der Waals surface area contributed by atoms with Crippen molar-refractivity contribution in [1.29, 1.82) is 0 Å². The van der Waals surface area contributed by atoms with Gasteiger partial charge in [-0.1, -0.05) is 12.1 Å². The van der Waals surface area contributed by atoms with E-state index in [4.69, 9.17) is 4.74 Å². The number of nitrogens with zero attached hydrogens (tertiary/aromatic N) is 3. The number of sulfonamides is 1. The van der Waals surface area contributed by atoms with Crippen molar-refractivity contribution >= 4 is 21.6 Å². The Labute approximate surface area is 161 Å². The minimum Gasteiger partial charge on any atom is -0.476 e. The van der Waals surface area contributed by atoms with E-state index in [9.17, 15) is 13.2 Å². The average molecular weight is 397 g/mol. The van der Waals surface area contributed by atoms with E-state index >= 15 is 0 Å². The summed E-state index contributed by atoms with van der Waals surface area (Å²) in [6.07, 6.45) is 1.15. The van der Waals surface area contributed by atoms with E-state index < -0.39 is 16.1 Å². The molecule has 1 aromatic carbocycles. The number of para-hydroxylation sites is 2. The fraction of sp³-hybridized carbons (Fsp3) is 0.611. The number of piperazine rings is 1. The number of hydrogen-bond donors (Lipinski definition) is 1. The van der Waals surface area contributed by atoms with Crippen LogP contribution in [0.5, 0.6) is 5.75 Å². The van der Waals surface area contributed by atoms with Crippen LogP contribution in [0.3, 0.4) is 0 Å². The number of amides is 1. The molecule has 0 saturated carbocycles. The maximum atomic E-state index is 12.5. The minimum atomic E-state index is -3.49. The largest absolute Gasteiger partial charge is 0.476 e. The molecule has 3 rings (SSSR count). The van der Waals surface area contributed by atoms with Gasteiger partial charge in [0, 0.05) is 32.7 Å². The highest BCUT2D eigenvalue weighted by Crippen LogP contribution is 2.34. The molecular weight excluding hydrogens is 368 g/mol. The molecule has 1 atom stereocenters. The van der Waals surface area contributed by atoms with Crippen LogP contribution in [0.2, 0.25) is 0 Å². The molecule has 1 N–H and O–H groups in total. The molecule has 9 heteroatoms. The Kier molecular flexibility index (Phi) is 6.23. The summed E-state index contributed by atoms with van der Waals surface area (Å²) in [6.45, 7) is 5.72. The predicted molar refractivity (Wildman–Crippen MR) is 105 cm³/mol. The second-order valence-corrected chi connectivity index (χ2v) is 9.06. The molecule has 0 bridgehead atoms. The maximum absolute atomic E-state index is 12.5. The lowest BCUT2D eigenvalue weighted by Gasteiger charge is -2.34. The van der Waals surface area contributed by atoms with Crippen LogP contribution in [-0.2, 0) is 14.8 Å². The van der Waals surface area contributed by atoms with E-state index in [1.54, 1.807) is 24.3 Å². The molecule has 8 nitrogen and oxygen atoms in total. The number of carbonyl (C=O) groups is 1. The van der Waals surface area contributed by atoms with Gasteiger partial charge >= 0.3 is 0 Å². The first-order valence-corrected chi connectivity index (χ1v) is 11.1. The lowest BCUT2D eigenvalue weighted by atomic mass is 10.2. The highest BCUT2D eigenvalue weighted by atomic mass is 32.2. The molecule has 2 heterocycles. The number of ether oxygens (including phenoxy) is 1. The Morgan fingerprint density at radius 2 is 1.93 bits per heavy atom. The number of fused-ring (bicyclic) bond motifs is 1. The van der Waals surface area contributed by atoms with Gasteiger partial charge in [-0.2, -0.15) is 0 Å². The third-order valence-corrected chi connectivity index (χ3v) is 6.12. The van der Waals surface area contributed by atoms with Crippen molar-refractivity contribution in [3.63, 3.8) is 0 Å². The van der Waals surface area contributed by atoms with Gasteiger partial charge in [-0.05, 0) is 32.1 Å². The van der Waals surface area contributed by atoms with Crippen LogP contribution >= 0.6 is 0 Å². The molecule has 27 heavy (non-hydrogen) atoms. The minimum absolute atomic E-state index is 0.0138. The van der Waals surface area contributed by atoms with Crippen LogP contribution in [0.15, 0.2) is 24.3 Å². The molecule has 0 unspecified atom stereocenters. The third kappa shape index (κ3) is 5.12. The van der Waals surface area contributed by atoms with Gasteiger partial charge in [0.2, 0.25) is 10.0 Å². The Bertz CT molecular complexity index is 762. The quantitative estimate of drug-likeness (QED) is 0.680. The van der Waals surface area contributed by atoms with Gasteiger partial charge in [0.25, 0.3) is 5.91 Å². The third-order valence-electron chi connectivity index (χ3n) is 4.97. The summed E-state index contributed by atoms with van der Waals surface area (Å²) in [6, 6.07) is 6.87. The van der Waals surface area contributed by atoms with Crippen molar-refractivity contribution in [3.8, 4) is 5.75 Å². The SMILES string of the molecule is CN1CCN(CCCNC(=O)[C@H]2CN(S(C)(=O)=O)c3ccccc3O2)CC1. The van der Waals surface area contributed by atoms with Gasteiger partial charge in [0.05, 0.1) is 18.5 Å². The van der Waals surface area contributed by atoms with E-state index in [1.807, 2.05) is 0 Å². The van der Waals surface area contributed by atoms with Crippen LogP contribution in [0.1, 0.15) is 6.42 Å². The van der Waals surface area contributed by atoms with Crippen molar-refractivity contribution < 1.29 is 17.9 Å². The number of benzene rings is 1. The highest BCUT2D eigenvalue weighted by molar-refractivity contribution is 7.92. The lowest BCUT2D eigenvalue weighted by Crippen LogP contribution is -2.51. The van der Waals surface area contributed by atoms with Crippen LogP contribution in [-0.4, -0.2) is 89.3 Å². The standard InChI is InChI=1S/C18H28N4O4S/c1-20-10-12-21(13-11-20)9-5-8-19-18(23)17-14-22(27(2,24)25)15-6-3-4-7-16(15)26-17/h3-4,6-7,17H,5,8-14H2,1-2H3,(H,19,23)/t17-/m1/s1. The molecule has 0 aromatic heterocycles. The first kappa shape index (κ1) is 19.9. The summed E-state index contributed by atoms with van der Waals surface area (Å²) >= 11 is 0. The number of hydrogen-bond acceptors (Lipinski definition) is 6. The smallest absolute Gasteiger partial charge is 0.263 e. The Morgan fingerprint density at radius 3 is 2.63 bits per heavy atom. The van der Waals surface area contributed by atoms with Crippen molar-refractivity contribution in [2.75, 3.05) is 63.4 Å². The number of anilines is 1. The lowest BCUT2D eigenvalue weighted by molar-refractivity contribution is -0.127. The maximum Gasteiger partial charge on any atom is 0.263 e. The first-order valence-electron chi connectivity index (χ1n) is 9.26. The summed E-state index contributed by atoms with van der Waals surface area (Å²) in [5, 5.41) is 2.88. The molecule has 0 radical (unpaired) electrons. The van der Waals surface area contributed by atoms with Gasteiger partial charge in [0.1, 0.15) is 5.75 Å². The molecule has 0 aliphatic carbocycles. The van der Waals surface area contributed by atoms with Crippen LogP contribution < -0.4 is 14.4 Å². The summed E-state index contributed by atoms with van der Waals surface area (Å²) in [5.74, 6) is 0.128. The highest BCUT2D eigenvalue weighted by Gasteiger charge is 2.34. The van der Waals surface area contributed by atoms with Crippen LogP contribution in [0.4, 0.5) is 5.69 Å². The molecular formula is C18H28N4O4S. The fourth-order valence-corrected chi connectivity index (χ4v) is 4.27. The Balaban J connectivity index is 1.51. The molecule has 2 aliphatic rings. The molecule has 1 saturated heterocycles. The van der Waals surface area contributed by atoms with E-state index in [0.717, 1.165) is 45.4 Å². The monoisotopic (exact) mass is 396 g/mol. The van der Waals surface area contributed by atoms with Gasteiger partial charge in [-0.3, -0.25) is 9.10 Å². The second-order valence-electron chi connectivity index (χ2n) is 7.16. The van der Waals surface area contributed by atoms with Gasteiger partial charge < -0.3 is 19.9 Å². The van der Waals surface area contributed by atoms with Crippen molar-refractivity contribution in [2.45, 2.75) is 12.5 Å². The van der Waals surface area contributed by atoms with Crippen molar-refractivity contribution in [1.82, 2.24) is 15.1 Å². The van der Waals surface area contributed by atoms with Gasteiger partial charge in [0.15, 0.2) is 6.10 Å². The van der Waals surface area contributed by atoms with Crippen molar-refractivity contribution in [2.24, 2.45) is 0 Å². The first-order chi connectivity index (χ1) is 12.8. The number of carbonyl (C=O) groups excluding carboxylic acids is 1. The molecule has 0 spiro atoms. The zero-order chi connectivity index (χ0) is 19.4. The van der Waals surface area contributed by atoms with E-state index in [0.29, 0.717) is 18.0 Å². The fourth-order valence-electron chi connectivity index (χ4n) is 3.35. The summed E-state index contributed by atoms with van der Waals surface area (Å²) in [5.41, 5.74) is 0.471. The Morgan fingerprint density at radius 1 is 1.22 bits per heavy atom. The molecule has 1 fully saturated rings. The van der Waals surface area contributed by atoms with E-state index in [2.05, 4.69) is 22.2 Å². The summed E-state index contributed by atoms with van der Waals surface area (Å²) in [4.78, 5) is 17.2. The number of nitrogens with one attached hydrogen (secondary N) is 1. The number of likely N-dealkylation sites (N-methyl/N-ethyl adjacent to an activating group) is 1. The average Bonchev–Trinajstić information content (AvgIpc) is 2.64. The summed E-state index contributed by atoms with van der Waals surface area (Å²) < 4.78 is 31.2. The van der Waals surface area contributed by atoms with Gasteiger partial charge in [-0.25, -0.2) is 8.42 Å². The van der Waals surface area contributed by atoms with Gasteiger partial charge in [-0.15, -0.1) is 0 Å². The predicted octanol–water partition coefficient (Wildman–Crippen LogP) is -0.0327. The van der Waals surface area contributed by atoms with E-state index in [-0.39, 0.29) is 12.5 Å². The van der Waals surface area contributed by atoms with Crippen molar-refractivity contribution in [3.05, 3.63) is 24.3 Å². The molecule has 1 amide bonds.